The second-order valence-electron chi connectivity index (χ2n) is 5.95. The van der Waals surface area contributed by atoms with E-state index in [0.717, 1.165) is 0 Å². The van der Waals surface area contributed by atoms with Gasteiger partial charge in [0.2, 0.25) is 0 Å². The maximum absolute atomic E-state index is 10.7. The van der Waals surface area contributed by atoms with Crippen molar-refractivity contribution in [3.8, 4) is 0 Å². The van der Waals surface area contributed by atoms with Crippen LogP contribution in [0.3, 0.4) is 0 Å². The SMILES string of the molecule is [2H]c1c([2H])c2c([2H])c([2H])c3c([2H])c4c(c5c([2H])c([2H])c(c1[2H])c2c35)[C@H](O)[C@H](O)[C@@H](O)[C@@H]4O. The number of rotatable bonds is 0. The predicted octanol–water partition coefficient (Wildman–Crippen LogP) is 2.39. The molecule has 0 aliphatic heterocycles. The van der Waals surface area contributed by atoms with Crippen molar-refractivity contribution < 1.29 is 31.4 Å². The summed E-state index contributed by atoms with van der Waals surface area (Å²) in [7, 11) is 0. The highest BCUT2D eigenvalue weighted by atomic mass is 16.4. The van der Waals surface area contributed by atoms with Gasteiger partial charge in [-0.25, -0.2) is 0 Å². The fraction of sp³-hybridized carbons (Fsp3) is 0.200. The highest BCUT2D eigenvalue weighted by Gasteiger charge is 2.41. The third-order valence-electron chi connectivity index (χ3n) is 4.66. The van der Waals surface area contributed by atoms with E-state index < -0.39 is 72.8 Å². The van der Waals surface area contributed by atoms with E-state index in [9.17, 15) is 20.4 Å². The van der Waals surface area contributed by atoms with Crippen LogP contribution in [0.2, 0.25) is 0 Å². The van der Waals surface area contributed by atoms with Gasteiger partial charge in [-0.3, -0.25) is 0 Å². The average Bonchev–Trinajstić information content (AvgIpc) is 2.75. The molecule has 0 amide bonds. The summed E-state index contributed by atoms with van der Waals surface area (Å²) in [6, 6.07) is -4.20. The molecular weight excluding hydrogens is 304 g/mol. The van der Waals surface area contributed by atoms with Crippen LogP contribution >= 0.6 is 0 Å². The van der Waals surface area contributed by atoms with Gasteiger partial charge in [-0.1, -0.05) is 42.3 Å². The fourth-order valence-electron chi connectivity index (χ4n) is 3.48. The molecule has 4 N–H and O–H groups in total. The first-order chi connectivity index (χ1) is 14.9. The molecule has 120 valence electrons. The minimum Gasteiger partial charge on any atom is -0.387 e. The normalized spacial score (nSPS) is 31.8. The van der Waals surface area contributed by atoms with E-state index in [1.54, 1.807) is 0 Å². The Hall–Kier alpha value is -2.24. The Morgan fingerprint density at radius 2 is 1.33 bits per heavy atom. The van der Waals surface area contributed by atoms with Crippen LogP contribution in [-0.4, -0.2) is 32.6 Å². The Labute approximate surface area is 148 Å². The molecule has 4 atom stereocenters. The van der Waals surface area contributed by atoms with E-state index in [4.69, 9.17) is 11.0 Å². The van der Waals surface area contributed by atoms with Crippen molar-refractivity contribution in [1.29, 1.82) is 0 Å². The molecule has 0 heterocycles. The summed E-state index contributed by atoms with van der Waals surface area (Å²) in [5.74, 6) is 0. The molecule has 1 aliphatic carbocycles. The molecule has 0 fully saturated rings. The quantitative estimate of drug-likeness (QED) is 0.374. The van der Waals surface area contributed by atoms with Gasteiger partial charge in [-0.15, -0.1) is 0 Å². The molecule has 4 heteroatoms. The number of hydrogen-bond donors (Lipinski definition) is 4. The molecule has 0 saturated heterocycles. The molecule has 0 bridgehead atoms. The van der Waals surface area contributed by atoms with Crippen LogP contribution in [0.15, 0.2) is 48.3 Å². The Kier molecular flexibility index (Phi) is 1.59. The lowest BCUT2D eigenvalue weighted by atomic mass is 9.78. The van der Waals surface area contributed by atoms with Gasteiger partial charge in [0.1, 0.15) is 24.4 Å². The largest absolute Gasteiger partial charge is 0.387 e. The van der Waals surface area contributed by atoms with Crippen molar-refractivity contribution in [3.05, 3.63) is 59.5 Å². The van der Waals surface area contributed by atoms with Crippen molar-refractivity contribution in [3.63, 3.8) is 0 Å². The van der Waals surface area contributed by atoms with Gasteiger partial charge in [0.15, 0.2) is 0 Å². The van der Waals surface area contributed by atoms with Crippen molar-refractivity contribution in [2.24, 2.45) is 0 Å². The number of aliphatic hydroxyl groups excluding tert-OH is 4. The van der Waals surface area contributed by atoms with E-state index in [-0.39, 0.29) is 43.4 Å². The smallest absolute Gasteiger partial charge is 0.113 e. The summed E-state index contributed by atoms with van der Waals surface area (Å²) in [4.78, 5) is 0. The summed E-state index contributed by atoms with van der Waals surface area (Å²) in [6.45, 7) is 0. The molecule has 0 unspecified atom stereocenters. The molecule has 4 aromatic rings. The summed E-state index contributed by atoms with van der Waals surface area (Å²) in [5, 5.41) is 40.9. The summed E-state index contributed by atoms with van der Waals surface area (Å²) in [6.07, 6.45) is -7.37. The second kappa shape index (κ2) is 4.65. The molecule has 4 aromatic carbocycles. The van der Waals surface area contributed by atoms with Crippen LogP contribution < -0.4 is 0 Å². The monoisotopic (exact) mass is 328 g/mol. The lowest BCUT2D eigenvalue weighted by Crippen LogP contribution is -2.41. The van der Waals surface area contributed by atoms with Crippen LogP contribution in [0.5, 0.6) is 0 Å². The number of fused-ring (bicyclic) bond motifs is 2. The van der Waals surface area contributed by atoms with Crippen LogP contribution in [0.1, 0.15) is 34.3 Å². The molecule has 4 nitrogen and oxygen atoms in total. The maximum Gasteiger partial charge on any atom is 0.113 e. The van der Waals surface area contributed by atoms with Crippen molar-refractivity contribution in [2.45, 2.75) is 24.4 Å². The Bertz CT molecular complexity index is 1460. The molecule has 1 aliphatic rings. The van der Waals surface area contributed by atoms with Crippen molar-refractivity contribution in [2.75, 3.05) is 0 Å². The van der Waals surface area contributed by atoms with Gasteiger partial charge in [-0.05, 0) is 49.5 Å². The molecule has 5 rings (SSSR count). The molecule has 0 saturated carbocycles. The van der Waals surface area contributed by atoms with E-state index in [1.807, 2.05) is 0 Å². The lowest BCUT2D eigenvalue weighted by molar-refractivity contribution is -0.119. The second-order valence-corrected chi connectivity index (χ2v) is 5.95. The minimum absolute atomic E-state index is 0.0263. The lowest BCUT2D eigenvalue weighted by Gasteiger charge is -2.35. The van der Waals surface area contributed by atoms with Gasteiger partial charge in [0, 0.05) is 0 Å². The van der Waals surface area contributed by atoms with Crippen LogP contribution in [0.4, 0.5) is 0 Å². The number of benzene rings is 4. The third-order valence-corrected chi connectivity index (χ3v) is 4.66. The highest BCUT2D eigenvalue weighted by molar-refractivity contribution is 6.23. The molecule has 0 radical (unpaired) electrons. The first-order valence-electron chi connectivity index (χ1n) is 11.4. The van der Waals surface area contributed by atoms with Gasteiger partial charge in [-0.2, -0.15) is 0 Å². The zero-order chi connectivity index (χ0) is 23.5. The molecular formula is C20H16O4. The maximum atomic E-state index is 10.7. The number of aliphatic hydroxyl groups is 4. The van der Waals surface area contributed by atoms with Crippen molar-refractivity contribution >= 4 is 32.3 Å². The Balaban J connectivity index is 2.24. The zero-order valence-electron chi connectivity index (χ0n) is 20.1. The predicted molar refractivity (Wildman–Crippen MR) is 92.1 cm³/mol. The van der Waals surface area contributed by atoms with Gasteiger partial charge in [0.05, 0.1) is 11.0 Å². The third kappa shape index (κ3) is 1.61. The zero-order valence-corrected chi connectivity index (χ0v) is 12.1. The van der Waals surface area contributed by atoms with E-state index >= 15 is 0 Å². The van der Waals surface area contributed by atoms with E-state index in [2.05, 4.69) is 0 Å². The molecule has 0 spiro atoms. The summed E-state index contributed by atoms with van der Waals surface area (Å²) < 4.78 is 67.2. The van der Waals surface area contributed by atoms with E-state index in [1.165, 1.54) is 0 Å². The standard InChI is InChI=1S/C20H16O4/c21-17-13-8-11-5-4-9-2-1-3-10-6-7-12(15(11)14(9)10)16(13)18(22)20(24)19(17)23/h1-8,17-24H/t17-,18+,19+,20+/m1/s1/i1D,2D,3D,4D,5D,6D,7D,8D. The van der Waals surface area contributed by atoms with Crippen molar-refractivity contribution in [1.82, 2.24) is 0 Å². The Morgan fingerprint density at radius 1 is 0.708 bits per heavy atom. The van der Waals surface area contributed by atoms with E-state index in [0.29, 0.717) is 0 Å². The van der Waals surface area contributed by atoms with Crippen LogP contribution in [0, 0.1) is 0 Å². The average molecular weight is 328 g/mol. The van der Waals surface area contributed by atoms with Crippen LogP contribution in [0.25, 0.3) is 32.3 Å². The van der Waals surface area contributed by atoms with Gasteiger partial charge in [0.25, 0.3) is 0 Å². The topological polar surface area (TPSA) is 80.9 Å². The van der Waals surface area contributed by atoms with Gasteiger partial charge >= 0.3 is 0 Å². The number of hydrogen-bond acceptors (Lipinski definition) is 4. The fourth-order valence-corrected chi connectivity index (χ4v) is 3.48. The highest BCUT2D eigenvalue weighted by Crippen LogP contribution is 2.45. The van der Waals surface area contributed by atoms with Gasteiger partial charge < -0.3 is 20.4 Å². The minimum atomic E-state index is -1.86. The molecule has 24 heavy (non-hydrogen) atoms. The first kappa shape index (κ1) is 8.23. The summed E-state index contributed by atoms with van der Waals surface area (Å²) in [5.41, 5.74) is -0.569. The first-order valence-corrected chi connectivity index (χ1v) is 7.36. The Morgan fingerprint density at radius 3 is 2.08 bits per heavy atom. The molecule has 0 aromatic heterocycles. The van der Waals surface area contributed by atoms with Crippen LogP contribution in [-0.2, 0) is 0 Å². The summed E-state index contributed by atoms with van der Waals surface area (Å²) >= 11 is 0.